The molecule has 0 aromatic carbocycles. The molecular formula is C14H23N3. The van der Waals surface area contributed by atoms with E-state index in [1.54, 1.807) is 0 Å². The van der Waals surface area contributed by atoms with Crippen LogP contribution in [-0.4, -0.2) is 17.6 Å². The summed E-state index contributed by atoms with van der Waals surface area (Å²) in [4.78, 5) is 4.49. The summed E-state index contributed by atoms with van der Waals surface area (Å²) in [7, 11) is 0. The van der Waals surface area contributed by atoms with Gasteiger partial charge in [0, 0.05) is 23.8 Å². The highest BCUT2D eigenvalue weighted by Gasteiger charge is 2.18. The molecule has 0 aliphatic carbocycles. The Morgan fingerprint density at radius 3 is 3.12 bits per heavy atom. The Balaban J connectivity index is 2.14. The molecule has 1 aliphatic rings. The predicted molar refractivity (Wildman–Crippen MR) is 72.2 cm³/mol. The molecule has 1 aromatic heterocycles. The van der Waals surface area contributed by atoms with Crippen LogP contribution in [0.5, 0.6) is 0 Å². The molecule has 0 unspecified atom stereocenters. The fourth-order valence-electron chi connectivity index (χ4n) is 2.27. The van der Waals surface area contributed by atoms with E-state index in [0.29, 0.717) is 12.1 Å². The molecular weight excluding hydrogens is 210 g/mol. The second-order valence-electron chi connectivity index (χ2n) is 4.90. The highest BCUT2D eigenvalue weighted by molar-refractivity contribution is 5.46. The molecule has 3 nitrogen and oxygen atoms in total. The van der Waals surface area contributed by atoms with Crippen molar-refractivity contribution in [3.05, 3.63) is 23.9 Å². The lowest BCUT2D eigenvalue weighted by Crippen LogP contribution is -2.28. The van der Waals surface area contributed by atoms with Crippen LogP contribution in [0, 0.1) is 0 Å². The number of hydrogen-bond acceptors (Lipinski definition) is 3. The van der Waals surface area contributed by atoms with Crippen LogP contribution in [0.25, 0.3) is 0 Å². The molecule has 1 fully saturated rings. The van der Waals surface area contributed by atoms with Gasteiger partial charge < -0.3 is 10.6 Å². The summed E-state index contributed by atoms with van der Waals surface area (Å²) in [6.45, 7) is 5.52. The lowest BCUT2D eigenvalue weighted by atomic mass is 9.98. The van der Waals surface area contributed by atoms with Gasteiger partial charge in [-0.15, -0.1) is 0 Å². The average molecular weight is 233 g/mol. The molecule has 3 heteroatoms. The molecule has 0 saturated carbocycles. The zero-order chi connectivity index (χ0) is 12.1. The minimum absolute atomic E-state index is 0.476. The number of nitrogens with zero attached hydrogens (tertiary/aromatic N) is 1. The molecule has 0 spiro atoms. The molecule has 17 heavy (non-hydrogen) atoms. The van der Waals surface area contributed by atoms with Gasteiger partial charge in [-0.1, -0.05) is 19.4 Å². The first-order chi connectivity index (χ1) is 8.31. The number of hydrogen-bond donors (Lipinski definition) is 2. The third kappa shape index (κ3) is 3.19. The van der Waals surface area contributed by atoms with Gasteiger partial charge in [0.2, 0.25) is 0 Å². The second kappa shape index (κ2) is 6.01. The van der Waals surface area contributed by atoms with Crippen LogP contribution in [0.1, 0.15) is 51.1 Å². The second-order valence-corrected chi connectivity index (χ2v) is 4.90. The number of piperidine rings is 1. The molecule has 1 saturated heterocycles. The number of aromatic nitrogens is 1. The summed E-state index contributed by atoms with van der Waals surface area (Å²) in [5.41, 5.74) is 1.33. The predicted octanol–water partition coefficient (Wildman–Crippen LogP) is 3.11. The van der Waals surface area contributed by atoms with Gasteiger partial charge >= 0.3 is 0 Å². The van der Waals surface area contributed by atoms with Crippen LogP contribution in [0.4, 0.5) is 5.82 Å². The van der Waals surface area contributed by atoms with E-state index in [-0.39, 0.29) is 0 Å². The third-order valence-electron chi connectivity index (χ3n) is 3.52. The average Bonchev–Trinajstić information content (AvgIpc) is 2.40. The zero-order valence-corrected chi connectivity index (χ0v) is 10.9. The van der Waals surface area contributed by atoms with E-state index in [0.717, 1.165) is 18.8 Å². The van der Waals surface area contributed by atoms with Gasteiger partial charge in [0.25, 0.3) is 0 Å². The third-order valence-corrected chi connectivity index (χ3v) is 3.52. The summed E-state index contributed by atoms with van der Waals surface area (Å²) >= 11 is 0. The van der Waals surface area contributed by atoms with Gasteiger partial charge in [0.1, 0.15) is 5.82 Å². The molecule has 0 amide bonds. The fraction of sp³-hybridized carbons (Fsp3) is 0.643. The highest BCUT2D eigenvalue weighted by Crippen LogP contribution is 2.27. The van der Waals surface area contributed by atoms with Gasteiger partial charge in [-0.05, 0) is 38.8 Å². The van der Waals surface area contributed by atoms with E-state index in [4.69, 9.17) is 0 Å². The number of nitrogens with one attached hydrogen (secondary N) is 2. The van der Waals surface area contributed by atoms with Crippen LogP contribution < -0.4 is 10.6 Å². The Morgan fingerprint density at radius 1 is 1.53 bits per heavy atom. The minimum Gasteiger partial charge on any atom is -0.367 e. The Morgan fingerprint density at radius 2 is 2.41 bits per heavy atom. The Bertz CT molecular complexity index is 345. The van der Waals surface area contributed by atoms with Crippen molar-refractivity contribution in [1.82, 2.24) is 10.3 Å². The van der Waals surface area contributed by atoms with Crippen molar-refractivity contribution >= 4 is 5.82 Å². The summed E-state index contributed by atoms with van der Waals surface area (Å²) in [5.74, 6) is 1.06. The monoisotopic (exact) mass is 233 g/mol. The fourth-order valence-corrected chi connectivity index (χ4v) is 2.27. The normalized spacial score (nSPS) is 22.1. The summed E-state index contributed by atoms with van der Waals surface area (Å²) in [6, 6.07) is 5.19. The standard InChI is InChI=1S/C14H23N3/c1-3-11(2)17-14-12(7-6-10-16-14)13-8-4-5-9-15-13/h6-7,10-11,13,15H,3-5,8-9H2,1-2H3,(H,16,17)/t11-,13+/m1/s1. The molecule has 2 heterocycles. The van der Waals surface area contributed by atoms with E-state index < -0.39 is 0 Å². The lowest BCUT2D eigenvalue weighted by molar-refractivity contribution is 0.412. The van der Waals surface area contributed by atoms with Crippen LogP contribution in [0.15, 0.2) is 18.3 Å². The number of anilines is 1. The number of pyridine rings is 1. The largest absolute Gasteiger partial charge is 0.367 e. The topological polar surface area (TPSA) is 37.0 Å². The molecule has 0 bridgehead atoms. The van der Waals surface area contributed by atoms with Gasteiger partial charge in [-0.2, -0.15) is 0 Å². The minimum atomic E-state index is 0.476. The zero-order valence-electron chi connectivity index (χ0n) is 10.9. The van der Waals surface area contributed by atoms with Gasteiger partial charge in [0.05, 0.1) is 0 Å². The van der Waals surface area contributed by atoms with Crippen LogP contribution >= 0.6 is 0 Å². The Kier molecular flexibility index (Phi) is 4.37. The molecule has 1 aliphatic heterocycles. The molecule has 2 rings (SSSR count). The first kappa shape index (κ1) is 12.4. The maximum atomic E-state index is 4.49. The van der Waals surface area contributed by atoms with Crippen LogP contribution in [0.2, 0.25) is 0 Å². The van der Waals surface area contributed by atoms with Crippen molar-refractivity contribution in [2.45, 2.75) is 51.6 Å². The molecule has 2 N–H and O–H groups in total. The van der Waals surface area contributed by atoms with E-state index >= 15 is 0 Å². The first-order valence-corrected chi connectivity index (χ1v) is 6.76. The first-order valence-electron chi connectivity index (χ1n) is 6.76. The Labute approximate surface area is 104 Å². The van der Waals surface area contributed by atoms with E-state index in [1.165, 1.54) is 24.8 Å². The molecule has 1 aromatic rings. The maximum absolute atomic E-state index is 4.49. The number of rotatable bonds is 4. The van der Waals surface area contributed by atoms with Gasteiger partial charge in [0.15, 0.2) is 0 Å². The van der Waals surface area contributed by atoms with Crippen molar-refractivity contribution in [3.8, 4) is 0 Å². The quantitative estimate of drug-likeness (QED) is 0.839. The van der Waals surface area contributed by atoms with E-state index in [9.17, 15) is 0 Å². The summed E-state index contributed by atoms with van der Waals surface area (Å²) in [5, 5.41) is 7.09. The smallest absolute Gasteiger partial charge is 0.130 e. The van der Waals surface area contributed by atoms with Crippen molar-refractivity contribution in [3.63, 3.8) is 0 Å². The lowest BCUT2D eigenvalue weighted by Gasteiger charge is -2.26. The van der Waals surface area contributed by atoms with Crippen molar-refractivity contribution in [2.75, 3.05) is 11.9 Å². The van der Waals surface area contributed by atoms with Crippen LogP contribution in [0.3, 0.4) is 0 Å². The SMILES string of the molecule is CC[C@@H](C)Nc1ncccc1[C@@H]1CCCCN1. The summed E-state index contributed by atoms with van der Waals surface area (Å²) < 4.78 is 0. The van der Waals surface area contributed by atoms with Crippen molar-refractivity contribution in [2.24, 2.45) is 0 Å². The van der Waals surface area contributed by atoms with Gasteiger partial charge in [-0.25, -0.2) is 4.98 Å². The maximum Gasteiger partial charge on any atom is 0.130 e. The Hall–Kier alpha value is -1.09. The van der Waals surface area contributed by atoms with Gasteiger partial charge in [-0.3, -0.25) is 0 Å². The summed E-state index contributed by atoms with van der Waals surface area (Å²) in [6.07, 6.45) is 6.83. The van der Waals surface area contributed by atoms with Crippen LogP contribution in [-0.2, 0) is 0 Å². The molecule has 2 atom stereocenters. The molecule has 0 radical (unpaired) electrons. The van der Waals surface area contributed by atoms with Crippen molar-refractivity contribution < 1.29 is 0 Å². The van der Waals surface area contributed by atoms with E-state index in [2.05, 4.69) is 35.5 Å². The highest BCUT2D eigenvalue weighted by atomic mass is 15.0. The molecule has 94 valence electrons. The van der Waals surface area contributed by atoms with Crippen molar-refractivity contribution in [1.29, 1.82) is 0 Å². The van der Waals surface area contributed by atoms with E-state index in [1.807, 2.05) is 12.3 Å².